The average Bonchev–Trinajstić information content (AvgIpc) is 2.70. The van der Waals surface area contributed by atoms with Gasteiger partial charge in [0.2, 0.25) is 0 Å². The van der Waals surface area contributed by atoms with Gasteiger partial charge in [-0.05, 0) is 92.0 Å². The Bertz CT molecular complexity index is 850. The number of rotatable bonds is 8. The molecule has 1 rings (SSSR count). The van der Waals surface area contributed by atoms with E-state index in [4.69, 9.17) is 14.2 Å². The number of alkyl carbamates (subject to hydrolysis) is 1. The zero-order valence-corrected chi connectivity index (χ0v) is 20.9. The lowest BCUT2D eigenvalue weighted by molar-refractivity contribution is -0.156. The fraction of sp³-hybridized carbons (Fsp3) is 0.577. The molecule has 0 fully saturated rings. The average molecular weight is 460 g/mol. The highest BCUT2D eigenvalue weighted by atomic mass is 16.6. The van der Waals surface area contributed by atoms with Crippen LogP contribution in [0.25, 0.3) is 0 Å². The second-order valence-electron chi connectivity index (χ2n) is 9.64. The molecule has 0 aliphatic rings. The summed E-state index contributed by atoms with van der Waals surface area (Å²) < 4.78 is 15.8. The summed E-state index contributed by atoms with van der Waals surface area (Å²) >= 11 is 0. The molecule has 0 saturated heterocycles. The van der Waals surface area contributed by atoms with E-state index in [0.29, 0.717) is 43.5 Å². The molecule has 0 heterocycles. The number of benzene rings is 1. The van der Waals surface area contributed by atoms with Gasteiger partial charge in [-0.15, -0.1) is 0 Å². The molecule has 0 aliphatic heterocycles. The highest BCUT2D eigenvalue weighted by Gasteiger charge is 2.25. The lowest BCUT2D eigenvalue weighted by atomic mass is 9.97. The fourth-order valence-electron chi connectivity index (χ4n) is 2.49. The second-order valence-corrected chi connectivity index (χ2v) is 9.64. The molecule has 1 unspecified atom stereocenters. The van der Waals surface area contributed by atoms with Crippen LogP contribution in [0.4, 0.5) is 4.79 Å². The number of esters is 2. The van der Waals surface area contributed by atoms with Gasteiger partial charge < -0.3 is 19.5 Å². The SMILES string of the molecule is CCOC(=O)c1ccc(C#CC(CCCCNC(=O)OC(C)(C)C)OC(=O)C(C)(C)C)cc1. The monoisotopic (exact) mass is 459 g/mol. The summed E-state index contributed by atoms with van der Waals surface area (Å²) in [7, 11) is 0. The Hall–Kier alpha value is -3.01. The van der Waals surface area contributed by atoms with Gasteiger partial charge in [-0.3, -0.25) is 4.79 Å². The summed E-state index contributed by atoms with van der Waals surface area (Å²) in [5, 5.41) is 2.72. The van der Waals surface area contributed by atoms with E-state index in [0.717, 1.165) is 0 Å². The summed E-state index contributed by atoms with van der Waals surface area (Å²) in [6.07, 6.45) is 0.894. The first-order chi connectivity index (χ1) is 15.3. The summed E-state index contributed by atoms with van der Waals surface area (Å²) in [4.78, 5) is 35.9. The van der Waals surface area contributed by atoms with Gasteiger partial charge in [-0.2, -0.15) is 0 Å². The van der Waals surface area contributed by atoms with Crippen LogP contribution < -0.4 is 5.32 Å². The van der Waals surface area contributed by atoms with E-state index in [1.807, 2.05) is 20.8 Å². The van der Waals surface area contributed by atoms with Gasteiger partial charge in [-0.25, -0.2) is 9.59 Å². The van der Waals surface area contributed by atoms with Crippen molar-refractivity contribution in [2.45, 2.75) is 79.4 Å². The van der Waals surface area contributed by atoms with E-state index in [1.54, 1.807) is 52.0 Å². The number of hydrogen-bond acceptors (Lipinski definition) is 6. The molecule has 1 N–H and O–H groups in total. The molecule has 0 aromatic heterocycles. The van der Waals surface area contributed by atoms with Gasteiger partial charge in [0.25, 0.3) is 0 Å². The molecule has 0 saturated carbocycles. The zero-order chi connectivity index (χ0) is 25.1. The van der Waals surface area contributed by atoms with Crippen LogP contribution in [0, 0.1) is 17.3 Å². The van der Waals surface area contributed by atoms with Gasteiger partial charge in [0.15, 0.2) is 6.10 Å². The van der Waals surface area contributed by atoms with Gasteiger partial charge >= 0.3 is 18.0 Å². The molecule has 1 atom stereocenters. The first-order valence-electron chi connectivity index (χ1n) is 11.3. The maximum absolute atomic E-state index is 12.4. The van der Waals surface area contributed by atoms with Crippen LogP contribution in [0.1, 0.15) is 83.7 Å². The molecular formula is C26H37NO6. The lowest BCUT2D eigenvalue weighted by Crippen LogP contribution is -2.33. The zero-order valence-electron chi connectivity index (χ0n) is 20.9. The molecule has 33 heavy (non-hydrogen) atoms. The third kappa shape index (κ3) is 12.0. The molecule has 0 bridgehead atoms. The summed E-state index contributed by atoms with van der Waals surface area (Å²) in [6.45, 7) is 13.3. The number of hydrogen-bond donors (Lipinski definition) is 1. The Balaban J connectivity index is 2.71. The Morgan fingerprint density at radius 2 is 1.64 bits per heavy atom. The summed E-state index contributed by atoms with van der Waals surface area (Å²) in [6, 6.07) is 6.76. The van der Waals surface area contributed by atoms with E-state index in [9.17, 15) is 14.4 Å². The molecule has 1 aromatic carbocycles. The second kappa shape index (κ2) is 12.9. The molecule has 7 nitrogen and oxygen atoms in total. The fourth-order valence-corrected chi connectivity index (χ4v) is 2.49. The van der Waals surface area contributed by atoms with Crippen LogP contribution in [0.3, 0.4) is 0 Å². The number of carbonyl (C=O) groups excluding carboxylic acids is 3. The summed E-state index contributed by atoms with van der Waals surface area (Å²) in [5.74, 6) is 5.33. The Morgan fingerprint density at radius 1 is 1.00 bits per heavy atom. The number of ether oxygens (including phenoxy) is 3. The minimum absolute atomic E-state index is 0.314. The van der Waals surface area contributed by atoms with E-state index < -0.39 is 23.2 Å². The standard InChI is InChI=1S/C26H37NO6/c1-8-31-22(28)20-15-12-19(13-16-20)14-17-21(32-23(29)25(2,3)4)11-9-10-18-27-24(30)33-26(5,6)7/h12-13,15-16,21H,8-11,18H2,1-7H3,(H,27,30). The largest absolute Gasteiger partial charge is 0.462 e. The van der Waals surface area contributed by atoms with E-state index in [-0.39, 0.29) is 11.9 Å². The van der Waals surface area contributed by atoms with Crippen LogP contribution in [0.15, 0.2) is 24.3 Å². The molecule has 1 amide bonds. The van der Waals surface area contributed by atoms with Crippen molar-refractivity contribution in [2.24, 2.45) is 5.41 Å². The van der Waals surface area contributed by atoms with Crippen LogP contribution in [0.5, 0.6) is 0 Å². The summed E-state index contributed by atoms with van der Waals surface area (Å²) in [5.41, 5.74) is -0.0260. The topological polar surface area (TPSA) is 90.9 Å². The number of unbranched alkanes of at least 4 members (excludes halogenated alkanes) is 1. The van der Waals surface area contributed by atoms with Gasteiger partial charge in [0, 0.05) is 12.1 Å². The van der Waals surface area contributed by atoms with Crippen molar-refractivity contribution < 1.29 is 28.6 Å². The highest BCUT2D eigenvalue weighted by molar-refractivity contribution is 5.89. The van der Waals surface area contributed by atoms with Gasteiger partial charge in [-0.1, -0.05) is 11.8 Å². The smallest absolute Gasteiger partial charge is 0.407 e. The maximum Gasteiger partial charge on any atom is 0.407 e. The van der Waals surface area contributed by atoms with Gasteiger partial charge in [0.1, 0.15) is 5.60 Å². The van der Waals surface area contributed by atoms with E-state index in [2.05, 4.69) is 17.2 Å². The molecule has 7 heteroatoms. The maximum atomic E-state index is 12.4. The quantitative estimate of drug-likeness (QED) is 0.258. The third-order valence-corrected chi connectivity index (χ3v) is 4.20. The normalized spacial score (nSPS) is 12.1. The first-order valence-corrected chi connectivity index (χ1v) is 11.3. The van der Waals surface area contributed by atoms with Crippen LogP contribution in [0.2, 0.25) is 0 Å². The Kier molecular flexibility index (Phi) is 10.9. The van der Waals surface area contributed by atoms with Crippen molar-refractivity contribution in [1.82, 2.24) is 5.32 Å². The molecular weight excluding hydrogens is 422 g/mol. The molecule has 0 radical (unpaired) electrons. The van der Waals surface area contributed by atoms with Crippen molar-refractivity contribution in [3.63, 3.8) is 0 Å². The van der Waals surface area contributed by atoms with Crippen LogP contribution >= 0.6 is 0 Å². The van der Waals surface area contributed by atoms with E-state index in [1.165, 1.54) is 0 Å². The van der Waals surface area contributed by atoms with Crippen molar-refractivity contribution in [3.05, 3.63) is 35.4 Å². The van der Waals surface area contributed by atoms with Crippen molar-refractivity contribution in [1.29, 1.82) is 0 Å². The predicted molar refractivity (Wildman–Crippen MR) is 127 cm³/mol. The van der Waals surface area contributed by atoms with Crippen molar-refractivity contribution >= 4 is 18.0 Å². The molecule has 1 aromatic rings. The number of amides is 1. The number of carbonyl (C=O) groups is 3. The van der Waals surface area contributed by atoms with Crippen molar-refractivity contribution in [3.8, 4) is 11.8 Å². The van der Waals surface area contributed by atoms with Crippen LogP contribution in [-0.2, 0) is 19.0 Å². The molecule has 182 valence electrons. The third-order valence-electron chi connectivity index (χ3n) is 4.20. The Labute approximate surface area is 197 Å². The van der Waals surface area contributed by atoms with Gasteiger partial charge in [0.05, 0.1) is 17.6 Å². The van der Waals surface area contributed by atoms with Crippen molar-refractivity contribution in [2.75, 3.05) is 13.2 Å². The highest BCUT2D eigenvalue weighted by Crippen LogP contribution is 2.18. The lowest BCUT2D eigenvalue weighted by Gasteiger charge is -2.21. The minimum Gasteiger partial charge on any atom is -0.462 e. The molecule has 0 spiro atoms. The predicted octanol–water partition coefficient (Wildman–Crippen LogP) is 4.87. The number of nitrogens with one attached hydrogen (secondary N) is 1. The minimum atomic E-state index is -0.639. The molecule has 0 aliphatic carbocycles. The van der Waals surface area contributed by atoms with Crippen LogP contribution in [-0.4, -0.2) is 42.9 Å². The Morgan fingerprint density at radius 3 is 2.18 bits per heavy atom. The van der Waals surface area contributed by atoms with E-state index >= 15 is 0 Å². The first kappa shape index (κ1) is 28.0.